The maximum Gasteiger partial charge on any atom is 0.0894 e. The lowest BCUT2D eigenvalue weighted by Crippen LogP contribution is -1.87. The van der Waals surface area contributed by atoms with Crippen molar-refractivity contribution in [2.45, 2.75) is 0 Å². The van der Waals surface area contributed by atoms with Gasteiger partial charge in [-0.05, 0) is 35.9 Å². The Morgan fingerprint density at radius 3 is 2.40 bits per heavy atom. The van der Waals surface area contributed by atoms with Gasteiger partial charge in [0.1, 0.15) is 0 Å². The van der Waals surface area contributed by atoms with Gasteiger partial charge in [-0.2, -0.15) is 0 Å². The largest absolute Gasteiger partial charge is 0.388 e. The van der Waals surface area contributed by atoms with Crippen LogP contribution in [0.25, 0.3) is 23.2 Å². The minimum absolute atomic E-state index is 0.862. The number of nitrogens with one attached hydrogen (secondary N) is 1. The molecule has 2 aromatic carbocycles. The summed E-state index contributed by atoms with van der Waals surface area (Å²) < 4.78 is 0. The molecule has 3 heteroatoms. The molecule has 0 spiro atoms. The van der Waals surface area contributed by atoms with E-state index in [0.29, 0.717) is 0 Å². The molecule has 0 saturated heterocycles. The molecule has 0 fully saturated rings. The predicted octanol–water partition coefficient (Wildman–Crippen LogP) is 3.84. The van der Waals surface area contributed by atoms with Crippen molar-refractivity contribution >= 4 is 28.9 Å². The number of nitrogens with zero attached hydrogens (tertiary/aromatic N) is 2. The van der Waals surface area contributed by atoms with E-state index < -0.39 is 0 Å². The molecule has 0 saturated carbocycles. The van der Waals surface area contributed by atoms with Crippen molar-refractivity contribution in [2.75, 3.05) is 12.4 Å². The average molecular weight is 261 g/mol. The zero-order valence-corrected chi connectivity index (χ0v) is 11.2. The van der Waals surface area contributed by atoms with Gasteiger partial charge < -0.3 is 5.32 Å². The van der Waals surface area contributed by atoms with Crippen molar-refractivity contribution in [2.24, 2.45) is 0 Å². The normalized spacial score (nSPS) is 11.1. The average Bonchev–Trinajstić information content (AvgIpc) is 2.53. The van der Waals surface area contributed by atoms with Gasteiger partial charge in [-0.1, -0.05) is 30.3 Å². The number of hydrogen-bond acceptors (Lipinski definition) is 3. The highest BCUT2D eigenvalue weighted by molar-refractivity contribution is 5.76. The Labute approximate surface area is 118 Å². The van der Waals surface area contributed by atoms with Crippen LogP contribution in [0.5, 0.6) is 0 Å². The van der Waals surface area contributed by atoms with Crippen LogP contribution in [0, 0.1) is 0 Å². The number of anilines is 1. The van der Waals surface area contributed by atoms with Crippen molar-refractivity contribution < 1.29 is 0 Å². The van der Waals surface area contributed by atoms with E-state index in [1.54, 1.807) is 6.20 Å². The number of fused-ring (bicyclic) bond motifs is 1. The fourth-order valence-corrected chi connectivity index (χ4v) is 1.99. The molecule has 1 heterocycles. The fourth-order valence-electron chi connectivity index (χ4n) is 1.99. The fraction of sp³-hybridized carbons (Fsp3) is 0.0588. The van der Waals surface area contributed by atoms with Crippen LogP contribution < -0.4 is 5.32 Å². The highest BCUT2D eigenvalue weighted by Crippen LogP contribution is 2.13. The van der Waals surface area contributed by atoms with Crippen molar-refractivity contribution in [1.29, 1.82) is 0 Å². The predicted molar refractivity (Wildman–Crippen MR) is 84.5 cm³/mol. The monoisotopic (exact) mass is 261 g/mol. The van der Waals surface area contributed by atoms with Crippen molar-refractivity contribution in [3.05, 3.63) is 66.0 Å². The molecule has 0 bridgehead atoms. The van der Waals surface area contributed by atoms with Gasteiger partial charge in [0.05, 0.1) is 22.9 Å². The van der Waals surface area contributed by atoms with Crippen LogP contribution in [0.4, 0.5) is 5.69 Å². The molecule has 3 nitrogen and oxygen atoms in total. The number of para-hydroxylation sites is 2. The van der Waals surface area contributed by atoms with Crippen LogP contribution in [0.2, 0.25) is 0 Å². The topological polar surface area (TPSA) is 37.8 Å². The molecule has 1 N–H and O–H groups in total. The Kier molecular flexibility index (Phi) is 3.42. The zero-order chi connectivity index (χ0) is 13.8. The summed E-state index contributed by atoms with van der Waals surface area (Å²) in [7, 11) is 1.91. The van der Waals surface area contributed by atoms with E-state index in [2.05, 4.69) is 27.4 Å². The molecule has 0 aliphatic carbocycles. The first-order chi connectivity index (χ1) is 9.85. The van der Waals surface area contributed by atoms with Gasteiger partial charge in [0.2, 0.25) is 0 Å². The van der Waals surface area contributed by atoms with Crippen molar-refractivity contribution in [3.63, 3.8) is 0 Å². The Morgan fingerprint density at radius 1 is 0.900 bits per heavy atom. The number of aromatic nitrogens is 2. The summed E-state index contributed by atoms with van der Waals surface area (Å²) in [5, 5.41) is 3.10. The van der Waals surface area contributed by atoms with Crippen LogP contribution in [-0.2, 0) is 0 Å². The minimum Gasteiger partial charge on any atom is -0.388 e. The standard InChI is InChI=1S/C17H15N3/c1-18-14-9-6-13(7-10-14)8-11-15-12-19-16-4-2-3-5-17(16)20-15/h2-12,18H,1H3/b11-8+. The van der Waals surface area contributed by atoms with Gasteiger partial charge in [0.15, 0.2) is 0 Å². The molecule has 3 rings (SSSR count). The zero-order valence-electron chi connectivity index (χ0n) is 11.2. The van der Waals surface area contributed by atoms with E-state index in [0.717, 1.165) is 28.0 Å². The molecular formula is C17H15N3. The highest BCUT2D eigenvalue weighted by Gasteiger charge is 1.96. The first kappa shape index (κ1) is 12.4. The Hall–Kier alpha value is -2.68. The number of benzene rings is 2. The maximum atomic E-state index is 4.56. The second-order valence-corrected chi connectivity index (χ2v) is 4.49. The smallest absolute Gasteiger partial charge is 0.0894 e. The third-order valence-corrected chi connectivity index (χ3v) is 3.11. The summed E-state index contributed by atoms with van der Waals surface area (Å²) in [4.78, 5) is 8.96. The molecular weight excluding hydrogens is 246 g/mol. The Morgan fingerprint density at radius 2 is 1.65 bits per heavy atom. The molecule has 98 valence electrons. The lowest BCUT2D eigenvalue weighted by molar-refractivity contribution is 1.27. The first-order valence-electron chi connectivity index (χ1n) is 6.53. The van der Waals surface area contributed by atoms with Crippen molar-refractivity contribution in [3.8, 4) is 0 Å². The van der Waals surface area contributed by atoms with E-state index in [-0.39, 0.29) is 0 Å². The van der Waals surface area contributed by atoms with Crippen LogP contribution in [0.1, 0.15) is 11.3 Å². The SMILES string of the molecule is CNc1ccc(/C=C/c2cnc3ccccc3n2)cc1. The molecule has 0 amide bonds. The van der Waals surface area contributed by atoms with Crippen LogP contribution in [0.3, 0.4) is 0 Å². The summed E-state index contributed by atoms with van der Waals surface area (Å²) in [6.07, 6.45) is 5.81. The molecule has 1 aromatic heterocycles. The second-order valence-electron chi connectivity index (χ2n) is 4.49. The van der Waals surface area contributed by atoms with Gasteiger partial charge >= 0.3 is 0 Å². The summed E-state index contributed by atoms with van der Waals surface area (Å²) in [5.41, 5.74) is 4.94. The lowest BCUT2D eigenvalue weighted by Gasteiger charge is -2.00. The summed E-state index contributed by atoms with van der Waals surface area (Å²) >= 11 is 0. The quantitative estimate of drug-likeness (QED) is 0.778. The van der Waals surface area contributed by atoms with Crippen molar-refractivity contribution in [1.82, 2.24) is 9.97 Å². The second kappa shape index (κ2) is 5.53. The van der Waals surface area contributed by atoms with Gasteiger partial charge in [-0.25, -0.2) is 4.98 Å². The van der Waals surface area contributed by atoms with Gasteiger partial charge in [0.25, 0.3) is 0 Å². The summed E-state index contributed by atoms with van der Waals surface area (Å²) in [5.74, 6) is 0. The number of hydrogen-bond donors (Lipinski definition) is 1. The lowest BCUT2D eigenvalue weighted by atomic mass is 10.2. The third-order valence-electron chi connectivity index (χ3n) is 3.11. The minimum atomic E-state index is 0.862. The van der Waals surface area contributed by atoms with E-state index in [1.807, 2.05) is 55.6 Å². The third kappa shape index (κ3) is 2.67. The van der Waals surface area contributed by atoms with Crippen LogP contribution in [0.15, 0.2) is 54.7 Å². The van der Waals surface area contributed by atoms with E-state index in [9.17, 15) is 0 Å². The van der Waals surface area contributed by atoms with Gasteiger partial charge in [-0.15, -0.1) is 0 Å². The van der Waals surface area contributed by atoms with Gasteiger partial charge in [0, 0.05) is 12.7 Å². The highest BCUT2D eigenvalue weighted by atomic mass is 14.8. The molecule has 0 unspecified atom stereocenters. The molecule has 3 aromatic rings. The molecule has 0 atom stereocenters. The van der Waals surface area contributed by atoms with Crippen LogP contribution >= 0.6 is 0 Å². The Bertz CT molecular complexity index is 746. The van der Waals surface area contributed by atoms with E-state index in [4.69, 9.17) is 0 Å². The number of rotatable bonds is 3. The molecule has 0 aliphatic rings. The van der Waals surface area contributed by atoms with E-state index >= 15 is 0 Å². The molecule has 0 radical (unpaired) electrons. The maximum absolute atomic E-state index is 4.56. The van der Waals surface area contributed by atoms with Gasteiger partial charge in [-0.3, -0.25) is 4.98 Å². The van der Waals surface area contributed by atoms with E-state index in [1.165, 1.54) is 0 Å². The molecule has 0 aliphatic heterocycles. The summed E-state index contributed by atoms with van der Waals surface area (Å²) in [6.45, 7) is 0. The summed E-state index contributed by atoms with van der Waals surface area (Å²) in [6, 6.07) is 16.1. The Balaban J connectivity index is 1.85. The molecule has 20 heavy (non-hydrogen) atoms. The first-order valence-corrected chi connectivity index (χ1v) is 6.53. The van der Waals surface area contributed by atoms with Crippen LogP contribution in [-0.4, -0.2) is 17.0 Å².